The van der Waals surface area contributed by atoms with Crippen molar-refractivity contribution >= 4 is 18.5 Å². The van der Waals surface area contributed by atoms with Crippen LogP contribution in [0, 0.1) is 0 Å². The minimum atomic E-state index is -4.34. The molecule has 1 aromatic carbocycles. The molecule has 3 aliphatic heterocycles. The molecule has 1 N–H and O–H groups in total. The Morgan fingerprint density at radius 2 is 1.77 bits per heavy atom. The van der Waals surface area contributed by atoms with Crippen molar-refractivity contribution in [2.24, 2.45) is 0 Å². The van der Waals surface area contributed by atoms with Crippen molar-refractivity contribution in [1.82, 2.24) is 25.0 Å². The van der Waals surface area contributed by atoms with Crippen LogP contribution in [0.3, 0.4) is 0 Å². The molecule has 0 bridgehead atoms. The summed E-state index contributed by atoms with van der Waals surface area (Å²) in [6.45, 7) is 7.26. The fourth-order valence-electron chi connectivity index (χ4n) is 5.59. The van der Waals surface area contributed by atoms with E-state index in [1.54, 1.807) is 30.2 Å². The van der Waals surface area contributed by atoms with Gasteiger partial charge in [0.2, 0.25) is 0 Å². The average molecular weight is 620 g/mol. The van der Waals surface area contributed by atoms with Crippen molar-refractivity contribution in [2.75, 3.05) is 46.4 Å². The molecule has 0 radical (unpaired) electrons. The number of amides is 2. The van der Waals surface area contributed by atoms with Crippen molar-refractivity contribution < 1.29 is 37.0 Å². The van der Waals surface area contributed by atoms with Gasteiger partial charge in [-0.15, -0.1) is 0 Å². The monoisotopic (exact) mass is 619 g/mol. The van der Waals surface area contributed by atoms with Crippen LogP contribution in [0.1, 0.15) is 59.8 Å². The van der Waals surface area contributed by atoms with E-state index in [0.29, 0.717) is 69.9 Å². The lowest BCUT2D eigenvalue weighted by atomic mass is 9.91. The highest BCUT2D eigenvalue weighted by molar-refractivity contribution is 5.94. The number of halogens is 3. The Morgan fingerprint density at radius 3 is 2.32 bits per heavy atom. The minimum Gasteiger partial charge on any atom is -0.468 e. The van der Waals surface area contributed by atoms with Crippen LogP contribution >= 0.6 is 0 Å². The fourth-order valence-corrected chi connectivity index (χ4v) is 5.59. The summed E-state index contributed by atoms with van der Waals surface area (Å²) < 4.78 is 48.4. The molecule has 240 valence electrons. The molecule has 1 aromatic heterocycles. The smallest absolute Gasteiger partial charge is 0.416 e. The quantitative estimate of drug-likeness (QED) is 0.441. The van der Waals surface area contributed by atoms with E-state index in [1.165, 1.54) is 12.1 Å². The Hall–Kier alpha value is -3.71. The van der Waals surface area contributed by atoms with Gasteiger partial charge < -0.3 is 19.7 Å². The van der Waals surface area contributed by atoms with E-state index in [0.717, 1.165) is 43.6 Å². The SMILES string of the molecule is CCOC=O.CN1CCC(NC(=O)c2ccc(CN3CC4(CCN(Cc5ccc(C(F)(F)F)cc5)CC4)OC3=O)nc2)CC1. The van der Waals surface area contributed by atoms with Gasteiger partial charge in [-0.05, 0) is 69.7 Å². The van der Waals surface area contributed by atoms with Gasteiger partial charge in [0, 0.05) is 44.7 Å². The summed E-state index contributed by atoms with van der Waals surface area (Å²) in [7, 11) is 2.08. The molecular weight excluding hydrogens is 579 g/mol. The Morgan fingerprint density at radius 1 is 1.09 bits per heavy atom. The Bertz CT molecular complexity index is 1240. The first-order valence-electron chi connectivity index (χ1n) is 14.9. The molecule has 2 amide bonds. The number of aromatic nitrogens is 1. The zero-order valence-corrected chi connectivity index (χ0v) is 25.1. The molecule has 13 heteroatoms. The molecule has 3 aliphatic rings. The topological polar surface area (TPSA) is 104 Å². The summed E-state index contributed by atoms with van der Waals surface area (Å²) in [6, 6.07) is 8.94. The number of carbonyl (C=O) groups is 3. The molecule has 0 atom stereocenters. The van der Waals surface area contributed by atoms with Gasteiger partial charge in [0.05, 0.1) is 36.5 Å². The predicted octanol–water partition coefficient (Wildman–Crippen LogP) is 4.09. The number of ether oxygens (including phenoxy) is 2. The number of hydrogen-bond acceptors (Lipinski definition) is 8. The van der Waals surface area contributed by atoms with Crippen LogP contribution < -0.4 is 5.32 Å². The first-order valence-corrected chi connectivity index (χ1v) is 14.9. The highest BCUT2D eigenvalue weighted by atomic mass is 19.4. The fraction of sp³-hybridized carbons (Fsp3) is 0.548. The molecule has 0 unspecified atom stereocenters. The second-order valence-electron chi connectivity index (χ2n) is 11.5. The van der Waals surface area contributed by atoms with Gasteiger partial charge in [-0.2, -0.15) is 13.2 Å². The molecular formula is C31H40F3N5O5. The minimum absolute atomic E-state index is 0.133. The Labute approximate surface area is 255 Å². The van der Waals surface area contributed by atoms with Gasteiger partial charge in [-0.3, -0.25) is 24.4 Å². The van der Waals surface area contributed by atoms with Crippen molar-refractivity contribution in [1.29, 1.82) is 0 Å². The summed E-state index contributed by atoms with van der Waals surface area (Å²) in [4.78, 5) is 44.9. The number of carbonyl (C=O) groups excluding carboxylic acids is 3. The van der Waals surface area contributed by atoms with Crippen molar-refractivity contribution in [3.63, 3.8) is 0 Å². The van der Waals surface area contributed by atoms with Gasteiger partial charge in [-0.25, -0.2) is 4.79 Å². The lowest BCUT2D eigenvalue weighted by molar-refractivity contribution is -0.137. The zero-order chi connectivity index (χ0) is 31.7. The number of alkyl halides is 3. The summed E-state index contributed by atoms with van der Waals surface area (Å²) >= 11 is 0. The van der Waals surface area contributed by atoms with E-state index in [4.69, 9.17) is 4.74 Å². The summed E-state index contributed by atoms with van der Waals surface area (Å²) in [5.74, 6) is -0.133. The van der Waals surface area contributed by atoms with E-state index in [1.807, 2.05) is 0 Å². The lowest BCUT2D eigenvalue weighted by Gasteiger charge is -2.37. The number of piperidine rings is 2. The number of nitrogens with one attached hydrogen (secondary N) is 1. The molecule has 10 nitrogen and oxygen atoms in total. The maximum Gasteiger partial charge on any atom is 0.416 e. The van der Waals surface area contributed by atoms with Crippen LogP contribution in [0.4, 0.5) is 18.0 Å². The summed E-state index contributed by atoms with van der Waals surface area (Å²) in [6.07, 6.45) is -0.00196. The zero-order valence-electron chi connectivity index (χ0n) is 25.1. The second kappa shape index (κ2) is 14.8. The molecule has 3 fully saturated rings. The molecule has 1 spiro atoms. The van der Waals surface area contributed by atoms with Crippen LogP contribution in [-0.2, 0) is 33.5 Å². The van der Waals surface area contributed by atoms with Crippen LogP contribution in [0.25, 0.3) is 0 Å². The highest BCUT2D eigenvalue weighted by Gasteiger charge is 2.47. The van der Waals surface area contributed by atoms with Crippen LogP contribution in [0.5, 0.6) is 0 Å². The van der Waals surface area contributed by atoms with E-state index >= 15 is 0 Å². The number of pyridine rings is 1. The third kappa shape index (κ3) is 9.15. The predicted molar refractivity (Wildman–Crippen MR) is 155 cm³/mol. The first kappa shape index (κ1) is 33.2. The highest BCUT2D eigenvalue weighted by Crippen LogP contribution is 2.35. The number of hydrogen-bond donors (Lipinski definition) is 1. The third-order valence-corrected chi connectivity index (χ3v) is 8.22. The average Bonchev–Trinajstić information content (AvgIpc) is 3.30. The molecule has 0 aliphatic carbocycles. The van der Waals surface area contributed by atoms with Gasteiger partial charge in [0.1, 0.15) is 5.60 Å². The van der Waals surface area contributed by atoms with Gasteiger partial charge >= 0.3 is 12.3 Å². The maximum absolute atomic E-state index is 12.8. The van der Waals surface area contributed by atoms with E-state index in [9.17, 15) is 27.6 Å². The maximum atomic E-state index is 12.8. The van der Waals surface area contributed by atoms with E-state index in [2.05, 4.69) is 31.9 Å². The normalized spacial score (nSPS) is 19.2. The number of likely N-dealkylation sites (tertiary alicyclic amines) is 2. The standard InChI is InChI=1S/C28H34F3N5O3.C3H6O2/c1-34-12-8-23(9-13-34)33-25(37)21-4-7-24(32-16-21)18-36-19-27(39-26(36)38)10-14-35(15-11-27)17-20-2-5-22(6-3-20)28(29,30)31;1-2-5-3-4/h2-7,16,23H,8-15,17-19H2,1H3,(H,33,37);3H,2H2,1H3. The number of rotatable bonds is 8. The first-order chi connectivity index (χ1) is 21.0. The second-order valence-corrected chi connectivity index (χ2v) is 11.5. The molecule has 4 heterocycles. The third-order valence-electron chi connectivity index (χ3n) is 8.22. The number of nitrogens with zero attached hydrogens (tertiary/aromatic N) is 4. The lowest BCUT2D eigenvalue weighted by Crippen LogP contribution is -2.46. The van der Waals surface area contributed by atoms with E-state index < -0.39 is 17.3 Å². The van der Waals surface area contributed by atoms with Crippen LogP contribution in [-0.4, -0.2) is 96.2 Å². The summed E-state index contributed by atoms with van der Waals surface area (Å²) in [5, 5.41) is 3.08. The molecule has 44 heavy (non-hydrogen) atoms. The number of benzene rings is 1. The van der Waals surface area contributed by atoms with Crippen LogP contribution in [0.15, 0.2) is 42.6 Å². The molecule has 0 saturated carbocycles. The van der Waals surface area contributed by atoms with E-state index in [-0.39, 0.29) is 18.0 Å². The Kier molecular flexibility index (Phi) is 11.2. The van der Waals surface area contributed by atoms with Gasteiger partial charge in [-0.1, -0.05) is 12.1 Å². The van der Waals surface area contributed by atoms with Crippen molar-refractivity contribution in [3.8, 4) is 0 Å². The molecule has 2 aromatic rings. The van der Waals surface area contributed by atoms with Gasteiger partial charge in [0.25, 0.3) is 12.4 Å². The molecule has 5 rings (SSSR count). The van der Waals surface area contributed by atoms with Crippen molar-refractivity contribution in [3.05, 3.63) is 65.0 Å². The molecule has 3 saturated heterocycles. The summed E-state index contributed by atoms with van der Waals surface area (Å²) in [5.41, 5.74) is 0.778. The van der Waals surface area contributed by atoms with Crippen molar-refractivity contribution in [2.45, 2.75) is 63.5 Å². The van der Waals surface area contributed by atoms with Gasteiger partial charge in [0.15, 0.2) is 0 Å². The largest absolute Gasteiger partial charge is 0.468 e. The van der Waals surface area contributed by atoms with Crippen LogP contribution in [0.2, 0.25) is 0 Å². The Balaban J connectivity index is 0.000000818.